The largest absolute Gasteiger partial charge is 0.495 e. The van der Waals surface area contributed by atoms with Gasteiger partial charge in [-0.2, -0.15) is 0 Å². The quantitative estimate of drug-likeness (QED) is 0.524. The van der Waals surface area contributed by atoms with Crippen molar-refractivity contribution in [2.75, 3.05) is 23.3 Å². The molecule has 1 fully saturated rings. The minimum atomic E-state index is -3.99. The van der Waals surface area contributed by atoms with Crippen LogP contribution in [0.3, 0.4) is 0 Å². The van der Waals surface area contributed by atoms with E-state index in [1.165, 1.54) is 25.3 Å². The van der Waals surface area contributed by atoms with Crippen molar-refractivity contribution in [1.29, 1.82) is 0 Å². The van der Waals surface area contributed by atoms with Crippen LogP contribution in [0.25, 0.3) is 0 Å². The highest BCUT2D eigenvalue weighted by molar-refractivity contribution is 7.92. The summed E-state index contributed by atoms with van der Waals surface area (Å²) in [4.78, 5) is 25.0. The molecule has 1 N–H and O–H groups in total. The number of anilines is 2. The van der Waals surface area contributed by atoms with Crippen molar-refractivity contribution in [1.82, 2.24) is 0 Å². The summed E-state index contributed by atoms with van der Waals surface area (Å²) in [7, 11) is -2.61. The third kappa shape index (κ3) is 4.40. The smallest absolute Gasteiger partial charge is 0.261 e. The minimum absolute atomic E-state index is 0.0781. The average Bonchev–Trinajstić information content (AvgIpc) is 3.03. The van der Waals surface area contributed by atoms with Crippen LogP contribution in [-0.2, 0) is 19.6 Å². The number of ether oxygens (including phenoxy) is 2. The Hall–Kier alpha value is -3.33. The highest BCUT2D eigenvalue weighted by atomic mass is 32.2. The van der Waals surface area contributed by atoms with Crippen LogP contribution in [0, 0.1) is 0 Å². The average molecular weight is 416 g/mol. The van der Waals surface area contributed by atoms with Crippen molar-refractivity contribution in [3.8, 4) is 11.5 Å². The van der Waals surface area contributed by atoms with Crippen molar-refractivity contribution >= 4 is 33.2 Å². The number of imide groups is 1. The highest BCUT2D eigenvalue weighted by Crippen LogP contribution is 2.34. The normalized spacial score (nSPS) is 14.0. The third-order valence-corrected chi connectivity index (χ3v) is 5.59. The minimum Gasteiger partial charge on any atom is -0.495 e. The molecule has 8 nitrogen and oxygen atoms in total. The molecule has 0 unspecified atom stereocenters. The van der Waals surface area contributed by atoms with Gasteiger partial charge in [-0.25, -0.2) is 13.3 Å². The van der Waals surface area contributed by atoms with E-state index >= 15 is 0 Å². The Kier molecular flexibility index (Phi) is 5.88. The molecule has 0 bridgehead atoms. The van der Waals surface area contributed by atoms with Crippen molar-refractivity contribution in [2.24, 2.45) is 0 Å². The molecule has 1 aliphatic heterocycles. The first kappa shape index (κ1) is 20.4. The molecule has 2 amide bonds. The van der Waals surface area contributed by atoms with Crippen LogP contribution < -0.4 is 19.1 Å². The van der Waals surface area contributed by atoms with Gasteiger partial charge in [-0.3, -0.25) is 14.3 Å². The first-order valence-corrected chi connectivity index (χ1v) is 10.2. The monoisotopic (exact) mass is 416 g/mol. The maximum atomic E-state index is 12.9. The lowest BCUT2D eigenvalue weighted by Crippen LogP contribution is -2.29. The molecule has 1 aliphatic rings. The number of nitrogens with zero attached hydrogens (tertiary/aromatic N) is 1. The molecule has 1 heterocycles. The molecule has 0 radical (unpaired) electrons. The number of rotatable bonds is 8. The number of methoxy groups -OCH3 is 1. The Morgan fingerprint density at radius 3 is 2.52 bits per heavy atom. The molecule has 2 aromatic carbocycles. The van der Waals surface area contributed by atoms with E-state index in [-0.39, 0.29) is 35.8 Å². The van der Waals surface area contributed by atoms with Crippen molar-refractivity contribution in [2.45, 2.75) is 17.7 Å². The Morgan fingerprint density at radius 2 is 1.86 bits per heavy atom. The van der Waals surface area contributed by atoms with Crippen LogP contribution in [0.1, 0.15) is 12.8 Å². The second-order valence-corrected chi connectivity index (χ2v) is 7.87. The SMILES string of the molecule is C=CCOc1cccc(NS(=O)(=O)c2ccc(OC)c(N3C(=O)CCC3=O)c2)c1. The highest BCUT2D eigenvalue weighted by Gasteiger charge is 2.33. The second kappa shape index (κ2) is 8.36. The Bertz CT molecular complexity index is 1050. The van der Waals surface area contributed by atoms with Crippen LogP contribution in [0.4, 0.5) is 11.4 Å². The lowest BCUT2D eigenvalue weighted by molar-refractivity contribution is -0.121. The van der Waals surface area contributed by atoms with E-state index in [1.54, 1.807) is 30.3 Å². The molecule has 0 aromatic heterocycles. The van der Waals surface area contributed by atoms with Gasteiger partial charge in [0.25, 0.3) is 10.0 Å². The first-order chi connectivity index (χ1) is 13.9. The van der Waals surface area contributed by atoms with Gasteiger partial charge in [-0.05, 0) is 30.3 Å². The fraction of sp³-hybridized carbons (Fsp3) is 0.200. The maximum absolute atomic E-state index is 12.9. The summed E-state index contributed by atoms with van der Waals surface area (Å²) < 4.78 is 38.8. The van der Waals surface area contributed by atoms with E-state index < -0.39 is 21.8 Å². The number of benzene rings is 2. The maximum Gasteiger partial charge on any atom is 0.261 e. The van der Waals surface area contributed by atoms with Crippen LogP contribution in [0.15, 0.2) is 60.0 Å². The van der Waals surface area contributed by atoms with Crippen LogP contribution >= 0.6 is 0 Å². The summed E-state index contributed by atoms with van der Waals surface area (Å²) in [6, 6.07) is 10.5. The number of carbonyl (C=O) groups excluding carboxylic acids is 2. The van der Waals surface area contributed by atoms with Gasteiger partial charge >= 0.3 is 0 Å². The Labute approximate surface area is 168 Å². The van der Waals surface area contributed by atoms with Gasteiger partial charge in [-0.1, -0.05) is 18.7 Å². The molecule has 152 valence electrons. The van der Waals surface area contributed by atoms with E-state index in [1.807, 2.05) is 0 Å². The zero-order valence-electron chi connectivity index (χ0n) is 15.8. The number of nitrogens with one attached hydrogen (secondary N) is 1. The predicted octanol–water partition coefficient (Wildman–Crippen LogP) is 2.71. The Balaban J connectivity index is 1.93. The lowest BCUT2D eigenvalue weighted by atomic mass is 10.2. The summed E-state index contributed by atoms with van der Waals surface area (Å²) in [5.41, 5.74) is 0.406. The van der Waals surface area contributed by atoms with Crippen molar-refractivity contribution in [3.05, 3.63) is 55.1 Å². The van der Waals surface area contributed by atoms with E-state index in [4.69, 9.17) is 9.47 Å². The molecule has 9 heteroatoms. The molecular weight excluding hydrogens is 396 g/mol. The molecule has 1 saturated heterocycles. The topological polar surface area (TPSA) is 102 Å². The molecule has 3 rings (SSSR count). The molecule has 0 atom stereocenters. The second-order valence-electron chi connectivity index (χ2n) is 6.19. The summed E-state index contributed by atoms with van der Waals surface area (Å²) in [6.07, 6.45) is 1.74. The van der Waals surface area contributed by atoms with Crippen LogP contribution in [0.2, 0.25) is 0 Å². The number of carbonyl (C=O) groups is 2. The van der Waals surface area contributed by atoms with Gasteiger partial charge in [0.05, 0.1) is 23.4 Å². The van der Waals surface area contributed by atoms with Crippen molar-refractivity contribution in [3.63, 3.8) is 0 Å². The standard InChI is InChI=1S/C20H20N2O6S/c1-3-11-28-15-6-4-5-14(12-15)21-29(25,26)16-7-8-18(27-2)17(13-16)22-19(23)9-10-20(22)24/h3-8,12-13,21H,1,9-11H2,2H3. The number of hydrogen-bond acceptors (Lipinski definition) is 6. The third-order valence-electron chi connectivity index (χ3n) is 4.21. The fourth-order valence-electron chi connectivity index (χ4n) is 2.88. The molecule has 0 saturated carbocycles. The van der Waals surface area contributed by atoms with Gasteiger partial charge in [0, 0.05) is 18.9 Å². The Morgan fingerprint density at radius 1 is 1.14 bits per heavy atom. The van der Waals surface area contributed by atoms with Gasteiger partial charge in [-0.15, -0.1) is 0 Å². The van der Waals surface area contributed by atoms with Crippen LogP contribution in [-0.4, -0.2) is 33.9 Å². The number of hydrogen-bond donors (Lipinski definition) is 1. The van der Waals surface area contributed by atoms with Gasteiger partial charge < -0.3 is 9.47 Å². The van der Waals surface area contributed by atoms with Crippen molar-refractivity contribution < 1.29 is 27.5 Å². The zero-order chi connectivity index (χ0) is 21.0. The molecule has 2 aromatic rings. The van der Waals surface area contributed by atoms with Gasteiger partial charge in [0.2, 0.25) is 11.8 Å². The van der Waals surface area contributed by atoms with Crippen LogP contribution in [0.5, 0.6) is 11.5 Å². The molecule has 29 heavy (non-hydrogen) atoms. The molecule has 0 spiro atoms. The van der Waals surface area contributed by atoms with E-state index in [0.717, 1.165) is 4.90 Å². The zero-order valence-corrected chi connectivity index (χ0v) is 16.6. The number of sulfonamides is 1. The summed E-state index contributed by atoms with van der Waals surface area (Å²) in [5.74, 6) is -0.0908. The summed E-state index contributed by atoms with van der Waals surface area (Å²) in [5, 5.41) is 0. The van der Waals surface area contributed by atoms with Gasteiger partial charge in [0.15, 0.2) is 0 Å². The molecular formula is C20H20N2O6S. The fourth-order valence-corrected chi connectivity index (χ4v) is 3.94. The lowest BCUT2D eigenvalue weighted by Gasteiger charge is -2.18. The summed E-state index contributed by atoms with van der Waals surface area (Å²) in [6.45, 7) is 3.85. The first-order valence-electron chi connectivity index (χ1n) is 8.76. The van der Waals surface area contributed by atoms with E-state index in [2.05, 4.69) is 11.3 Å². The predicted molar refractivity (Wildman–Crippen MR) is 108 cm³/mol. The summed E-state index contributed by atoms with van der Waals surface area (Å²) >= 11 is 0. The van der Waals surface area contributed by atoms with E-state index in [0.29, 0.717) is 11.4 Å². The number of amides is 2. The van der Waals surface area contributed by atoms with E-state index in [9.17, 15) is 18.0 Å². The molecule has 0 aliphatic carbocycles. The van der Waals surface area contributed by atoms with Gasteiger partial charge in [0.1, 0.15) is 18.1 Å².